The molecule has 0 amide bonds. The van der Waals surface area contributed by atoms with Crippen LogP contribution in [0.25, 0.3) is 10.9 Å². The van der Waals surface area contributed by atoms with E-state index in [0.717, 1.165) is 17.6 Å². The van der Waals surface area contributed by atoms with Crippen molar-refractivity contribution in [2.24, 2.45) is 0 Å². The second-order valence-corrected chi connectivity index (χ2v) is 4.83. The molecule has 1 unspecified atom stereocenters. The smallest absolute Gasteiger partial charge is 0.0706 e. The number of rotatable bonds is 4. The molecule has 1 N–H and O–H groups in total. The first-order chi connectivity index (χ1) is 9.86. The maximum absolute atomic E-state index is 4.76. The third-order valence-electron chi connectivity index (χ3n) is 3.51. The molecule has 3 nitrogen and oxygen atoms in total. The highest BCUT2D eigenvalue weighted by molar-refractivity contribution is 5.78. The molecule has 1 aromatic carbocycles. The highest BCUT2D eigenvalue weighted by Crippen LogP contribution is 2.19. The van der Waals surface area contributed by atoms with Crippen LogP contribution in [0.15, 0.2) is 60.9 Å². The molecule has 20 heavy (non-hydrogen) atoms. The lowest BCUT2D eigenvalue weighted by molar-refractivity contribution is 0.577. The van der Waals surface area contributed by atoms with Crippen molar-refractivity contribution in [1.82, 2.24) is 15.3 Å². The Labute approximate surface area is 118 Å². The van der Waals surface area contributed by atoms with Gasteiger partial charge in [0, 0.05) is 17.8 Å². The van der Waals surface area contributed by atoms with Gasteiger partial charge in [0.2, 0.25) is 0 Å². The van der Waals surface area contributed by atoms with Crippen LogP contribution in [-0.2, 0) is 6.42 Å². The van der Waals surface area contributed by atoms with E-state index in [2.05, 4.69) is 34.6 Å². The Morgan fingerprint density at radius 2 is 1.80 bits per heavy atom. The van der Waals surface area contributed by atoms with Crippen molar-refractivity contribution in [2.45, 2.75) is 12.5 Å². The Hall–Kier alpha value is -2.26. The van der Waals surface area contributed by atoms with Gasteiger partial charge in [-0.1, -0.05) is 24.3 Å². The third kappa shape index (κ3) is 2.68. The summed E-state index contributed by atoms with van der Waals surface area (Å²) in [5, 5.41) is 4.52. The van der Waals surface area contributed by atoms with Gasteiger partial charge < -0.3 is 5.32 Å². The van der Waals surface area contributed by atoms with E-state index in [-0.39, 0.29) is 6.04 Å². The molecular weight excluding hydrogens is 246 g/mol. The molecule has 2 heterocycles. The minimum Gasteiger partial charge on any atom is -0.311 e. The van der Waals surface area contributed by atoms with Crippen molar-refractivity contribution < 1.29 is 0 Å². The average molecular weight is 263 g/mol. The molecule has 1 atom stereocenters. The molecule has 2 aromatic heterocycles. The highest BCUT2D eigenvalue weighted by atomic mass is 14.9. The van der Waals surface area contributed by atoms with Gasteiger partial charge in [0.05, 0.1) is 17.3 Å². The number of aromatic nitrogens is 2. The van der Waals surface area contributed by atoms with Crippen LogP contribution in [0, 0.1) is 0 Å². The minimum atomic E-state index is 0.210. The fraction of sp³-hybridized carbons (Fsp3) is 0.176. The molecule has 0 spiro atoms. The SMILES string of the molecule is CNC(Cc1ccncc1)c1ccc2ccccc2n1. The van der Waals surface area contributed by atoms with Crippen LogP contribution in [0.5, 0.6) is 0 Å². The largest absolute Gasteiger partial charge is 0.311 e. The summed E-state index contributed by atoms with van der Waals surface area (Å²) in [6.07, 6.45) is 4.57. The zero-order chi connectivity index (χ0) is 13.8. The molecule has 0 aliphatic rings. The maximum Gasteiger partial charge on any atom is 0.0706 e. The molecule has 3 heteroatoms. The Morgan fingerprint density at radius 1 is 1.00 bits per heavy atom. The van der Waals surface area contributed by atoms with Crippen molar-refractivity contribution in [3.63, 3.8) is 0 Å². The second kappa shape index (κ2) is 5.80. The number of hydrogen-bond donors (Lipinski definition) is 1. The standard InChI is InChI=1S/C17H17N3/c1-18-17(12-13-8-10-19-11-9-13)16-7-6-14-4-2-3-5-15(14)20-16/h2-11,17-18H,12H2,1H3. The second-order valence-electron chi connectivity index (χ2n) is 4.83. The van der Waals surface area contributed by atoms with Gasteiger partial charge >= 0.3 is 0 Å². The van der Waals surface area contributed by atoms with E-state index in [0.29, 0.717) is 0 Å². The van der Waals surface area contributed by atoms with Gasteiger partial charge in [0.15, 0.2) is 0 Å². The van der Waals surface area contributed by atoms with Gasteiger partial charge in [0.25, 0.3) is 0 Å². The number of hydrogen-bond acceptors (Lipinski definition) is 3. The van der Waals surface area contributed by atoms with Crippen LogP contribution in [-0.4, -0.2) is 17.0 Å². The number of nitrogens with zero attached hydrogens (tertiary/aromatic N) is 2. The van der Waals surface area contributed by atoms with Crippen molar-refractivity contribution in [2.75, 3.05) is 7.05 Å². The van der Waals surface area contributed by atoms with Crippen LogP contribution in [0.2, 0.25) is 0 Å². The van der Waals surface area contributed by atoms with Crippen LogP contribution in [0.4, 0.5) is 0 Å². The van der Waals surface area contributed by atoms with E-state index in [4.69, 9.17) is 4.98 Å². The predicted octanol–water partition coefficient (Wildman–Crippen LogP) is 3.13. The van der Waals surface area contributed by atoms with Gasteiger partial charge in [-0.25, -0.2) is 0 Å². The fourth-order valence-corrected chi connectivity index (χ4v) is 2.38. The normalized spacial score (nSPS) is 12.4. The van der Waals surface area contributed by atoms with Gasteiger partial charge in [0.1, 0.15) is 0 Å². The summed E-state index contributed by atoms with van der Waals surface area (Å²) in [6.45, 7) is 0. The zero-order valence-electron chi connectivity index (χ0n) is 11.5. The van der Waals surface area contributed by atoms with Gasteiger partial charge in [-0.15, -0.1) is 0 Å². The summed E-state index contributed by atoms with van der Waals surface area (Å²) in [5.41, 5.74) is 3.37. The lowest BCUT2D eigenvalue weighted by Gasteiger charge is -2.16. The molecule has 0 saturated carbocycles. The lowest BCUT2D eigenvalue weighted by Crippen LogP contribution is -2.20. The molecular formula is C17H17N3. The molecule has 3 rings (SSSR count). The first-order valence-electron chi connectivity index (χ1n) is 6.78. The van der Waals surface area contributed by atoms with Crippen molar-refractivity contribution in [3.8, 4) is 0 Å². The summed E-state index contributed by atoms with van der Waals surface area (Å²) >= 11 is 0. The van der Waals surface area contributed by atoms with Crippen molar-refractivity contribution in [1.29, 1.82) is 0 Å². The van der Waals surface area contributed by atoms with E-state index in [9.17, 15) is 0 Å². The van der Waals surface area contributed by atoms with E-state index < -0.39 is 0 Å². The number of para-hydroxylation sites is 1. The quantitative estimate of drug-likeness (QED) is 0.786. The number of likely N-dealkylation sites (N-methyl/N-ethyl adjacent to an activating group) is 1. The zero-order valence-corrected chi connectivity index (χ0v) is 11.5. The summed E-state index contributed by atoms with van der Waals surface area (Å²) in [7, 11) is 1.97. The van der Waals surface area contributed by atoms with Crippen LogP contribution < -0.4 is 5.32 Å². The van der Waals surface area contributed by atoms with Crippen LogP contribution in [0.3, 0.4) is 0 Å². The number of nitrogens with one attached hydrogen (secondary N) is 1. The molecule has 0 saturated heterocycles. The van der Waals surface area contributed by atoms with E-state index in [1.54, 1.807) is 0 Å². The van der Waals surface area contributed by atoms with Crippen LogP contribution in [0.1, 0.15) is 17.3 Å². The molecule has 0 bridgehead atoms. The topological polar surface area (TPSA) is 37.8 Å². The molecule has 0 aliphatic heterocycles. The van der Waals surface area contributed by atoms with Gasteiger partial charge in [-0.05, 0) is 43.3 Å². The Bertz CT molecular complexity index is 695. The maximum atomic E-state index is 4.76. The summed E-state index contributed by atoms with van der Waals surface area (Å²) in [5.74, 6) is 0. The van der Waals surface area contributed by atoms with Gasteiger partial charge in [-0.2, -0.15) is 0 Å². The minimum absolute atomic E-state index is 0.210. The van der Waals surface area contributed by atoms with E-state index in [1.807, 2.05) is 43.7 Å². The number of fused-ring (bicyclic) bond motifs is 1. The molecule has 0 aliphatic carbocycles. The van der Waals surface area contributed by atoms with Gasteiger partial charge in [-0.3, -0.25) is 9.97 Å². The molecule has 3 aromatic rings. The average Bonchev–Trinajstić information content (AvgIpc) is 2.53. The highest BCUT2D eigenvalue weighted by Gasteiger charge is 2.12. The fourth-order valence-electron chi connectivity index (χ4n) is 2.38. The van der Waals surface area contributed by atoms with Crippen molar-refractivity contribution in [3.05, 3.63) is 72.2 Å². The first kappa shape index (κ1) is 12.8. The summed E-state index contributed by atoms with van der Waals surface area (Å²) in [4.78, 5) is 8.82. The summed E-state index contributed by atoms with van der Waals surface area (Å²) < 4.78 is 0. The molecule has 0 radical (unpaired) electrons. The Balaban J connectivity index is 1.91. The molecule has 100 valence electrons. The monoisotopic (exact) mass is 263 g/mol. The predicted molar refractivity (Wildman–Crippen MR) is 81.5 cm³/mol. The van der Waals surface area contributed by atoms with Crippen LogP contribution >= 0.6 is 0 Å². The number of pyridine rings is 2. The molecule has 0 fully saturated rings. The number of benzene rings is 1. The van der Waals surface area contributed by atoms with E-state index in [1.165, 1.54) is 10.9 Å². The van der Waals surface area contributed by atoms with E-state index >= 15 is 0 Å². The summed E-state index contributed by atoms with van der Waals surface area (Å²) in [6, 6.07) is 16.7. The lowest BCUT2D eigenvalue weighted by atomic mass is 10.0. The third-order valence-corrected chi connectivity index (χ3v) is 3.51. The van der Waals surface area contributed by atoms with Crippen molar-refractivity contribution >= 4 is 10.9 Å². The Morgan fingerprint density at radius 3 is 2.60 bits per heavy atom. The first-order valence-corrected chi connectivity index (χ1v) is 6.78. The Kier molecular flexibility index (Phi) is 3.70.